The molecule has 0 spiro atoms. The summed E-state index contributed by atoms with van der Waals surface area (Å²) in [5.74, 6) is 1.41. The van der Waals surface area contributed by atoms with Crippen LogP contribution in [0.2, 0.25) is 0 Å². The largest absolute Gasteiger partial charge is 0.387 e. The zero-order chi connectivity index (χ0) is 11.4. The van der Waals surface area contributed by atoms with Gasteiger partial charge in [-0.25, -0.2) is 0 Å². The molecule has 0 atom stereocenters. The molecule has 0 saturated heterocycles. The minimum Gasteiger partial charge on any atom is -0.387 e. The van der Waals surface area contributed by atoms with Crippen molar-refractivity contribution in [3.05, 3.63) is 35.4 Å². The molecule has 0 aromatic heterocycles. The molecule has 1 fully saturated rings. The predicted octanol–water partition coefficient (Wildman–Crippen LogP) is 3.04. The van der Waals surface area contributed by atoms with Crippen molar-refractivity contribution in [2.45, 2.75) is 39.2 Å². The van der Waals surface area contributed by atoms with Crippen LogP contribution in [0.25, 0.3) is 0 Å². The molecule has 1 aliphatic carbocycles. The van der Waals surface area contributed by atoms with Crippen molar-refractivity contribution < 1.29 is 0 Å². The summed E-state index contributed by atoms with van der Waals surface area (Å²) in [6, 6.07) is 8.36. The van der Waals surface area contributed by atoms with Crippen molar-refractivity contribution in [2.24, 2.45) is 16.6 Å². The Labute approximate surface area is 97.6 Å². The molecule has 16 heavy (non-hydrogen) atoms. The topological polar surface area (TPSA) is 38.4 Å². The predicted molar refractivity (Wildman–Crippen MR) is 68.5 cm³/mol. The molecule has 86 valence electrons. The van der Waals surface area contributed by atoms with Crippen LogP contribution in [0.15, 0.2) is 29.3 Å². The van der Waals surface area contributed by atoms with E-state index >= 15 is 0 Å². The van der Waals surface area contributed by atoms with Gasteiger partial charge in [-0.05, 0) is 30.9 Å². The maximum Gasteiger partial charge on any atom is 0.0972 e. The first kappa shape index (κ1) is 11.2. The first-order chi connectivity index (χ1) is 7.77. The molecule has 2 N–H and O–H groups in total. The van der Waals surface area contributed by atoms with Crippen molar-refractivity contribution >= 4 is 5.84 Å². The Bertz CT molecular complexity index is 376. The molecule has 1 saturated carbocycles. The number of rotatable bonds is 3. The second-order valence-corrected chi connectivity index (χ2v) is 4.65. The molecule has 0 heterocycles. The lowest BCUT2D eigenvalue weighted by Crippen LogP contribution is -2.21. The van der Waals surface area contributed by atoms with Gasteiger partial charge >= 0.3 is 0 Å². The highest BCUT2D eigenvalue weighted by atomic mass is 14.9. The molecule has 1 aromatic rings. The second-order valence-electron chi connectivity index (χ2n) is 4.65. The molecule has 0 bridgehead atoms. The molecule has 2 heteroatoms. The van der Waals surface area contributed by atoms with Gasteiger partial charge in [-0.1, -0.05) is 37.1 Å². The van der Waals surface area contributed by atoms with E-state index in [1.807, 2.05) is 0 Å². The molecule has 0 radical (unpaired) electrons. The number of hydrogen-bond acceptors (Lipinski definition) is 1. The summed E-state index contributed by atoms with van der Waals surface area (Å²) in [7, 11) is 0. The standard InChI is InChI=1S/C14H20N2/c1-11-6-2-3-9-13(11)10-16-14(15)12-7-4-5-8-12/h2-3,6,9,12H,4-5,7-8,10H2,1H3,(H2,15,16). The molecule has 2 rings (SSSR count). The lowest BCUT2D eigenvalue weighted by molar-refractivity contribution is 0.715. The number of hydrogen-bond donors (Lipinski definition) is 1. The smallest absolute Gasteiger partial charge is 0.0972 e. The molecule has 0 amide bonds. The second kappa shape index (κ2) is 5.15. The summed E-state index contributed by atoms with van der Waals surface area (Å²) in [6.45, 7) is 2.85. The Kier molecular flexibility index (Phi) is 3.60. The molecule has 0 unspecified atom stereocenters. The van der Waals surface area contributed by atoms with Gasteiger partial charge in [0.1, 0.15) is 0 Å². The number of benzene rings is 1. The van der Waals surface area contributed by atoms with E-state index < -0.39 is 0 Å². The van der Waals surface area contributed by atoms with Crippen molar-refractivity contribution in [1.82, 2.24) is 0 Å². The van der Waals surface area contributed by atoms with Crippen LogP contribution in [0.1, 0.15) is 36.8 Å². The summed E-state index contributed by atoms with van der Waals surface area (Å²) in [5, 5.41) is 0. The number of nitrogens with two attached hydrogens (primary N) is 1. The average Bonchev–Trinajstić information content (AvgIpc) is 2.81. The highest BCUT2D eigenvalue weighted by Gasteiger charge is 2.18. The molecule has 0 aliphatic heterocycles. The maximum absolute atomic E-state index is 6.03. The van der Waals surface area contributed by atoms with Crippen LogP contribution < -0.4 is 5.73 Å². The van der Waals surface area contributed by atoms with Gasteiger partial charge in [-0.15, -0.1) is 0 Å². The third-order valence-corrected chi connectivity index (χ3v) is 3.47. The Balaban J connectivity index is 2.00. The zero-order valence-corrected chi connectivity index (χ0v) is 9.95. The van der Waals surface area contributed by atoms with Crippen LogP contribution in [-0.2, 0) is 6.54 Å². The highest BCUT2D eigenvalue weighted by Crippen LogP contribution is 2.24. The minimum absolute atomic E-state index is 0.545. The van der Waals surface area contributed by atoms with Crippen LogP contribution in [0.5, 0.6) is 0 Å². The van der Waals surface area contributed by atoms with Crippen LogP contribution in [0, 0.1) is 12.8 Å². The van der Waals surface area contributed by atoms with Crippen LogP contribution in [0.4, 0.5) is 0 Å². The van der Waals surface area contributed by atoms with E-state index in [0.717, 1.165) is 12.4 Å². The van der Waals surface area contributed by atoms with E-state index in [4.69, 9.17) is 5.73 Å². The molecule has 1 aliphatic rings. The van der Waals surface area contributed by atoms with Gasteiger partial charge in [0.2, 0.25) is 0 Å². The summed E-state index contributed by atoms with van der Waals surface area (Å²) in [4.78, 5) is 4.53. The normalized spacial score (nSPS) is 17.9. The average molecular weight is 216 g/mol. The van der Waals surface area contributed by atoms with Crippen LogP contribution in [-0.4, -0.2) is 5.84 Å². The number of aliphatic imine (C=N–C) groups is 1. The third kappa shape index (κ3) is 2.63. The summed E-state index contributed by atoms with van der Waals surface area (Å²) in [5.41, 5.74) is 8.60. The SMILES string of the molecule is Cc1ccccc1CN=C(N)C1CCCC1. The summed E-state index contributed by atoms with van der Waals surface area (Å²) >= 11 is 0. The van der Waals surface area contributed by atoms with Gasteiger partial charge in [-0.3, -0.25) is 4.99 Å². The molecule has 2 nitrogen and oxygen atoms in total. The fourth-order valence-electron chi connectivity index (χ4n) is 2.31. The minimum atomic E-state index is 0.545. The highest BCUT2D eigenvalue weighted by molar-refractivity contribution is 5.83. The van der Waals surface area contributed by atoms with Gasteiger partial charge in [0.15, 0.2) is 0 Å². The van der Waals surface area contributed by atoms with Gasteiger partial charge in [0.05, 0.1) is 12.4 Å². The Morgan fingerprint density at radius 2 is 2.00 bits per heavy atom. The maximum atomic E-state index is 6.03. The Morgan fingerprint density at radius 1 is 1.31 bits per heavy atom. The quantitative estimate of drug-likeness (QED) is 0.612. The first-order valence-electron chi connectivity index (χ1n) is 6.11. The van der Waals surface area contributed by atoms with Gasteiger partial charge in [0.25, 0.3) is 0 Å². The lowest BCUT2D eigenvalue weighted by atomic mass is 10.1. The van der Waals surface area contributed by atoms with E-state index in [9.17, 15) is 0 Å². The van der Waals surface area contributed by atoms with E-state index in [2.05, 4.69) is 36.2 Å². The fraction of sp³-hybridized carbons (Fsp3) is 0.500. The van der Waals surface area contributed by atoms with Crippen LogP contribution >= 0.6 is 0 Å². The van der Waals surface area contributed by atoms with Gasteiger partial charge < -0.3 is 5.73 Å². The van der Waals surface area contributed by atoms with Crippen molar-refractivity contribution in [3.63, 3.8) is 0 Å². The Morgan fingerprint density at radius 3 is 2.69 bits per heavy atom. The molecular weight excluding hydrogens is 196 g/mol. The zero-order valence-electron chi connectivity index (χ0n) is 9.95. The molecule has 1 aromatic carbocycles. The molecular formula is C14H20N2. The first-order valence-corrected chi connectivity index (χ1v) is 6.11. The summed E-state index contributed by atoms with van der Waals surface area (Å²) in [6.07, 6.45) is 5.07. The van der Waals surface area contributed by atoms with Crippen molar-refractivity contribution in [3.8, 4) is 0 Å². The van der Waals surface area contributed by atoms with Crippen LogP contribution in [0.3, 0.4) is 0 Å². The number of nitrogens with zero attached hydrogens (tertiary/aromatic N) is 1. The Hall–Kier alpha value is -1.31. The van der Waals surface area contributed by atoms with E-state index in [1.165, 1.54) is 36.8 Å². The van der Waals surface area contributed by atoms with E-state index in [-0.39, 0.29) is 0 Å². The monoisotopic (exact) mass is 216 g/mol. The van der Waals surface area contributed by atoms with Gasteiger partial charge in [0, 0.05) is 5.92 Å². The summed E-state index contributed by atoms with van der Waals surface area (Å²) < 4.78 is 0. The van der Waals surface area contributed by atoms with Gasteiger partial charge in [-0.2, -0.15) is 0 Å². The fourth-order valence-corrected chi connectivity index (χ4v) is 2.31. The van der Waals surface area contributed by atoms with E-state index in [0.29, 0.717) is 5.92 Å². The van der Waals surface area contributed by atoms with Crippen molar-refractivity contribution in [1.29, 1.82) is 0 Å². The third-order valence-electron chi connectivity index (χ3n) is 3.47. The lowest BCUT2D eigenvalue weighted by Gasteiger charge is -2.08. The van der Waals surface area contributed by atoms with Crippen molar-refractivity contribution in [2.75, 3.05) is 0 Å². The number of aryl methyl sites for hydroxylation is 1. The number of amidine groups is 1. The van der Waals surface area contributed by atoms with E-state index in [1.54, 1.807) is 0 Å².